The average Bonchev–Trinajstić information content (AvgIpc) is 2.89. The second kappa shape index (κ2) is 6.29. The highest BCUT2D eigenvalue weighted by Crippen LogP contribution is 2.38. The van der Waals surface area contributed by atoms with E-state index in [0.717, 1.165) is 11.1 Å². The summed E-state index contributed by atoms with van der Waals surface area (Å²) in [6.07, 6.45) is -0.316. The fourth-order valence-corrected chi connectivity index (χ4v) is 3.44. The molecule has 2 aromatic rings. The van der Waals surface area contributed by atoms with Gasteiger partial charge < -0.3 is 5.32 Å². The van der Waals surface area contributed by atoms with Crippen LogP contribution in [-0.4, -0.2) is 17.4 Å². The van der Waals surface area contributed by atoms with Crippen molar-refractivity contribution in [2.24, 2.45) is 0 Å². The van der Waals surface area contributed by atoms with Crippen LogP contribution in [0.3, 0.4) is 0 Å². The molecule has 3 nitrogen and oxygen atoms in total. The van der Waals surface area contributed by atoms with Crippen molar-refractivity contribution in [2.75, 3.05) is 6.54 Å². The van der Waals surface area contributed by atoms with E-state index < -0.39 is 0 Å². The summed E-state index contributed by atoms with van der Waals surface area (Å²) in [6, 6.07) is 15.5. The normalized spacial score (nSPS) is 20.0. The van der Waals surface area contributed by atoms with Crippen LogP contribution in [0.4, 0.5) is 0 Å². The number of nitrogens with one attached hydrogen (secondary N) is 1. The Morgan fingerprint density at radius 3 is 2.36 bits per heavy atom. The van der Waals surface area contributed by atoms with Crippen molar-refractivity contribution in [2.45, 2.75) is 19.1 Å². The molecule has 1 heterocycles. The van der Waals surface area contributed by atoms with E-state index in [-0.39, 0.29) is 18.1 Å². The molecule has 0 aromatic heterocycles. The number of amides is 1. The van der Waals surface area contributed by atoms with Gasteiger partial charge in [0.2, 0.25) is 5.91 Å². The summed E-state index contributed by atoms with van der Waals surface area (Å²) in [5.41, 5.74) is 1.90. The van der Waals surface area contributed by atoms with Gasteiger partial charge in [0, 0.05) is 21.7 Å². The molecule has 1 aliphatic rings. The minimum absolute atomic E-state index is 0.0243. The van der Waals surface area contributed by atoms with Gasteiger partial charge in [0.05, 0.1) is 6.54 Å². The fraction of sp³-hybridized carbons (Fsp3) is 0.235. The lowest BCUT2D eigenvalue weighted by atomic mass is 10.0. The second-order valence-electron chi connectivity index (χ2n) is 5.36. The van der Waals surface area contributed by atoms with Crippen LogP contribution in [0, 0.1) is 0 Å². The molecule has 5 heteroatoms. The lowest BCUT2D eigenvalue weighted by Gasteiger charge is -2.30. The van der Waals surface area contributed by atoms with Gasteiger partial charge in [-0.3, -0.25) is 9.69 Å². The third-order valence-electron chi connectivity index (χ3n) is 4.01. The lowest BCUT2D eigenvalue weighted by Crippen LogP contribution is -2.30. The predicted octanol–water partition coefficient (Wildman–Crippen LogP) is 4.19. The monoisotopic (exact) mass is 334 g/mol. The minimum atomic E-state index is -0.316. The summed E-state index contributed by atoms with van der Waals surface area (Å²) in [7, 11) is 0. The molecule has 0 radical (unpaired) electrons. The molecule has 0 saturated carbocycles. The van der Waals surface area contributed by atoms with Crippen LogP contribution in [0.15, 0.2) is 48.5 Å². The zero-order valence-electron chi connectivity index (χ0n) is 12.1. The molecule has 1 amide bonds. The van der Waals surface area contributed by atoms with Crippen LogP contribution in [0.5, 0.6) is 0 Å². The summed E-state index contributed by atoms with van der Waals surface area (Å²) in [5.74, 6) is -0.0243. The summed E-state index contributed by atoms with van der Waals surface area (Å²) in [4.78, 5) is 14.0. The van der Waals surface area contributed by atoms with Gasteiger partial charge in [-0.1, -0.05) is 59.6 Å². The molecule has 0 aliphatic carbocycles. The van der Waals surface area contributed by atoms with Gasteiger partial charge in [-0.15, -0.1) is 0 Å². The van der Waals surface area contributed by atoms with E-state index in [1.165, 1.54) is 0 Å². The Morgan fingerprint density at radius 1 is 1.09 bits per heavy atom. The first-order valence-electron chi connectivity index (χ1n) is 7.12. The van der Waals surface area contributed by atoms with Crippen LogP contribution >= 0.6 is 23.2 Å². The maximum Gasteiger partial charge on any atom is 0.235 e. The quantitative estimate of drug-likeness (QED) is 0.912. The van der Waals surface area contributed by atoms with Gasteiger partial charge in [0.25, 0.3) is 0 Å². The molecule has 1 saturated heterocycles. The first kappa shape index (κ1) is 15.3. The first-order chi connectivity index (χ1) is 10.6. The highest BCUT2D eigenvalue weighted by molar-refractivity contribution is 6.36. The summed E-state index contributed by atoms with van der Waals surface area (Å²) >= 11 is 12.6. The molecule has 0 spiro atoms. The third kappa shape index (κ3) is 2.84. The van der Waals surface area contributed by atoms with Crippen LogP contribution < -0.4 is 5.32 Å². The Labute approximate surface area is 139 Å². The molecule has 2 unspecified atom stereocenters. The van der Waals surface area contributed by atoms with E-state index in [0.29, 0.717) is 16.6 Å². The van der Waals surface area contributed by atoms with E-state index in [1.807, 2.05) is 18.2 Å². The zero-order valence-corrected chi connectivity index (χ0v) is 13.6. The van der Waals surface area contributed by atoms with Crippen molar-refractivity contribution in [1.82, 2.24) is 10.2 Å². The second-order valence-corrected chi connectivity index (χ2v) is 6.18. The lowest BCUT2D eigenvalue weighted by molar-refractivity contribution is -0.118. The number of benzene rings is 2. The summed E-state index contributed by atoms with van der Waals surface area (Å²) in [5, 5.41) is 4.09. The molecule has 22 heavy (non-hydrogen) atoms. The number of hydrogen-bond donors (Lipinski definition) is 1. The van der Waals surface area contributed by atoms with Crippen molar-refractivity contribution in [1.29, 1.82) is 0 Å². The minimum Gasteiger partial charge on any atom is -0.335 e. The largest absolute Gasteiger partial charge is 0.335 e. The number of rotatable bonds is 3. The molecule has 0 bridgehead atoms. The molecule has 114 valence electrons. The Morgan fingerprint density at radius 2 is 1.73 bits per heavy atom. The van der Waals surface area contributed by atoms with Crippen LogP contribution in [0.1, 0.15) is 30.3 Å². The Bertz CT molecular complexity index is 670. The number of nitrogens with zero attached hydrogens (tertiary/aromatic N) is 1. The standard InChI is InChI=1S/C17H16Cl2N2O/c1-11(12-6-3-2-4-7-12)21-10-15(22)20-17(21)16-13(18)8-5-9-14(16)19/h2-9,11,17H,10H2,1H3,(H,20,22). The molecular formula is C17H16Cl2N2O. The van der Waals surface area contributed by atoms with Gasteiger partial charge in [-0.25, -0.2) is 0 Å². The van der Waals surface area contributed by atoms with E-state index in [9.17, 15) is 4.79 Å². The van der Waals surface area contributed by atoms with Crippen molar-refractivity contribution >= 4 is 29.1 Å². The highest BCUT2D eigenvalue weighted by Gasteiger charge is 2.36. The van der Waals surface area contributed by atoms with Crippen LogP contribution in [0.25, 0.3) is 0 Å². The van der Waals surface area contributed by atoms with Crippen molar-refractivity contribution < 1.29 is 4.79 Å². The zero-order chi connectivity index (χ0) is 15.7. The van der Waals surface area contributed by atoms with Crippen molar-refractivity contribution in [3.8, 4) is 0 Å². The number of halogens is 2. The van der Waals surface area contributed by atoms with E-state index in [1.54, 1.807) is 18.2 Å². The number of hydrogen-bond acceptors (Lipinski definition) is 2. The SMILES string of the molecule is CC(c1ccccc1)N1CC(=O)NC1c1c(Cl)cccc1Cl. The Kier molecular flexibility index (Phi) is 4.39. The van der Waals surface area contributed by atoms with E-state index in [4.69, 9.17) is 23.2 Å². The molecule has 3 rings (SSSR count). The smallest absolute Gasteiger partial charge is 0.235 e. The average molecular weight is 335 g/mol. The molecule has 1 fully saturated rings. The topological polar surface area (TPSA) is 32.3 Å². The summed E-state index contributed by atoms with van der Waals surface area (Å²) in [6.45, 7) is 2.40. The van der Waals surface area contributed by atoms with E-state index in [2.05, 4.69) is 29.3 Å². The van der Waals surface area contributed by atoms with Gasteiger partial charge >= 0.3 is 0 Å². The maximum atomic E-state index is 12.0. The maximum absolute atomic E-state index is 12.0. The van der Waals surface area contributed by atoms with E-state index >= 15 is 0 Å². The predicted molar refractivity (Wildman–Crippen MR) is 88.9 cm³/mol. The molecule has 1 aliphatic heterocycles. The highest BCUT2D eigenvalue weighted by atomic mass is 35.5. The molecule has 2 aromatic carbocycles. The fourth-order valence-electron chi connectivity index (χ4n) is 2.83. The summed E-state index contributed by atoms with van der Waals surface area (Å²) < 4.78 is 0. The van der Waals surface area contributed by atoms with Crippen molar-refractivity contribution in [3.05, 3.63) is 69.7 Å². The number of carbonyl (C=O) groups is 1. The molecular weight excluding hydrogens is 319 g/mol. The Hall–Kier alpha value is -1.55. The van der Waals surface area contributed by atoms with Crippen LogP contribution in [0.2, 0.25) is 10.0 Å². The van der Waals surface area contributed by atoms with Crippen molar-refractivity contribution in [3.63, 3.8) is 0 Å². The van der Waals surface area contributed by atoms with Crippen LogP contribution in [-0.2, 0) is 4.79 Å². The van der Waals surface area contributed by atoms with Gasteiger partial charge in [-0.05, 0) is 24.6 Å². The first-order valence-corrected chi connectivity index (χ1v) is 7.87. The Balaban J connectivity index is 1.98. The third-order valence-corrected chi connectivity index (χ3v) is 4.67. The molecule has 1 N–H and O–H groups in total. The van der Waals surface area contributed by atoms with Gasteiger partial charge in [0.15, 0.2) is 0 Å². The van der Waals surface area contributed by atoms with Gasteiger partial charge in [0.1, 0.15) is 6.17 Å². The van der Waals surface area contributed by atoms with Gasteiger partial charge in [-0.2, -0.15) is 0 Å². The number of carbonyl (C=O) groups excluding carboxylic acids is 1. The molecule has 2 atom stereocenters.